The van der Waals surface area contributed by atoms with Crippen molar-refractivity contribution < 1.29 is 27.8 Å². The van der Waals surface area contributed by atoms with Crippen LogP contribution in [0.15, 0.2) is 102 Å². The van der Waals surface area contributed by atoms with Gasteiger partial charge in [0.2, 0.25) is 0 Å². The molecule has 0 unspecified atom stereocenters. The predicted octanol–water partition coefficient (Wildman–Crippen LogP) is 6.52. The van der Waals surface area contributed by atoms with Gasteiger partial charge in [0.05, 0.1) is 34.5 Å². The van der Waals surface area contributed by atoms with Crippen molar-refractivity contribution in [2.45, 2.75) is 56.5 Å². The Morgan fingerprint density at radius 2 is 1.78 bits per heavy atom. The van der Waals surface area contributed by atoms with Gasteiger partial charge in [-0.05, 0) is 84.3 Å². The number of carbonyl (C=O) groups is 1. The number of H-pyrrole nitrogens is 1. The lowest BCUT2D eigenvalue weighted by Gasteiger charge is -2.24. The number of carbonyl (C=O) groups excluding carboxylic acids is 1. The third-order valence-corrected chi connectivity index (χ3v) is 9.29. The lowest BCUT2D eigenvalue weighted by atomic mass is 9.91. The second kappa shape index (κ2) is 13.0. The monoisotopic (exact) mass is 666 g/mol. The zero-order valence-corrected chi connectivity index (χ0v) is 26.4. The van der Waals surface area contributed by atoms with Gasteiger partial charge >= 0.3 is 6.18 Å². The maximum absolute atomic E-state index is 13.5. The van der Waals surface area contributed by atoms with Gasteiger partial charge in [0.25, 0.3) is 11.5 Å². The molecule has 1 amide bonds. The highest BCUT2D eigenvalue weighted by atomic mass is 19.4. The molecule has 1 aliphatic carbocycles. The first-order chi connectivity index (χ1) is 23.6. The van der Waals surface area contributed by atoms with E-state index in [1.807, 2.05) is 60.7 Å². The van der Waals surface area contributed by atoms with Gasteiger partial charge in [0.15, 0.2) is 6.10 Å². The molecule has 0 bridgehead atoms. The number of benzene rings is 3. The van der Waals surface area contributed by atoms with Crippen molar-refractivity contribution in [3.63, 3.8) is 0 Å². The molecule has 2 aliphatic rings. The Kier molecular flexibility index (Phi) is 8.54. The molecule has 2 N–H and O–H groups in total. The van der Waals surface area contributed by atoms with Gasteiger partial charge in [0, 0.05) is 12.7 Å². The number of pyridine rings is 1. The van der Waals surface area contributed by atoms with Crippen LogP contribution >= 0.6 is 0 Å². The van der Waals surface area contributed by atoms with Gasteiger partial charge in [-0.1, -0.05) is 54.6 Å². The summed E-state index contributed by atoms with van der Waals surface area (Å²) in [5, 5.41) is 10.7. The van der Waals surface area contributed by atoms with Crippen LogP contribution in [0.5, 0.6) is 5.75 Å². The third-order valence-electron chi connectivity index (χ3n) is 9.29. The minimum Gasteiger partial charge on any atom is -0.487 e. The van der Waals surface area contributed by atoms with Crippen LogP contribution in [0.25, 0.3) is 11.1 Å². The number of aromatic amines is 1. The van der Waals surface area contributed by atoms with Gasteiger partial charge < -0.3 is 19.7 Å². The first kappa shape index (κ1) is 32.3. The number of nitrogens with one attached hydrogen (secondary N) is 1. The first-order valence-electron chi connectivity index (χ1n) is 16.1. The van der Waals surface area contributed by atoms with Crippen LogP contribution in [-0.2, 0) is 36.0 Å². The van der Waals surface area contributed by atoms with E-state index >= 15 is 0 Å². The van der Waals surface area contributed by atoms with E-state index in [2.05, 4.69) is 16.0 Å². The Bertz CT molecular complexity index is 2040. The van der Waals surface area contributed by atoms with Gasteiger partial charge in [0.1, 0.15) is 18.2 Å². The van der Waals surface area contributed by atoms with Crippen LogP contribution in [0.4, 0.5) is 13.2 Å². The number of amides is 1. The maximum atomic E-state index is 13.5. The Balaban J connectivity index is 1.08. The summed E-state index contributed by atoms with van der Waals surface area (Å²) in [6.07, 6.45) is -2.13. The standard InChI is InChI=1S/C38H33F3N4O4/c39-38(40,41)28-9-4-7-26(21-28)33(46)35(48)45-19-5-11-32-31(22-45)34(47)44-36(43-32)37(16-17-37)27-8-3-6-25(20-27)24-12-14-30(15-13-24)49-23-29-10-1-2-18-42-29/h1-4,6-10,12-15,18,20-21,33,46H,5,11,16-17,19,22-23H2,(H,43,44,47)/t33-/m1/s1. The molecular formula is C38H33F3N4O4. The highest BCUT2D eigenvalue weighted by Crippen LogP contribution is 2.52. The summed E-state index contributed by atoms with van der Waals surface area (Å²) >= 11 is 0. The van der Waals surface area contributed by atoms with Crippen molar-refractivity contribution in [3.8, 4) is 16.9 Å². The summed E-state index contributed by atoms with van der Waals surface area (Å²) in [7, 11) is 0. The second-order valence-electron chi connectivity index (χ2n) is 12.5. The summed E-state index contributed by atoms with van der Waals surface area (Å²) < 4.78 is 45.6. The number of aryl methyl sites for hydroxylation is 1. The topological polar surface area (TPSA) is 108 Å². The van der Waals surface area contributed by atoms with E-state index in [0.29, 0.717) is 36.5 Å². The van der Waals surface area contributed by atoms with Crippen LogP contribution in [0.3, 0.4) is 0 Å². The lowest BCUT2D eigenvalue weighted by Crippen LogP contribution is -2.36. The van der Waals surface area contributed by atoms with E-state index in [1.54, 1.807) is 6.20 Å². The summed E-state index contributed by atoms with van der Waals surface area (Å²) in [5.41, 5.74) is 2.91. The SMILES string of the molecule is O=C([C@H](O)c1cccc(C(F)(F)F)c1)N1CCCc2nc(C3(c4cccc(-c5ccc(OCc6ccccn6)cc5)c4)CC3)[nH]c(=O)c2C1. The molecular weight excluding hydrogens is 633 g/mol. The Morgan fingerprint density at radius 1 is 0.980 bits per heavy atom. The summed E-state index contributed by atoms with van der Waals surface area (Å²) in [6, 6.07) is 25.9. The van der Waals surface area contributed by atoms with Crippen LogP contribution < -0.4 is 10.3 Å². The molecule has 1 saturated carbocycles. The number of ether oxygens (including phenoxy) is 1. The molecule has 49 heavy (non-hydrogen) atoms. The zero-order valence-electron chi connectivity index (χ0n) is 26.4. The number of fused-ring (bicyclic) bond motifs is 1. The predicted molar refractivity (Wildman–Crippen MR) is 175 cm³/mol. The molecule has 0 spiro atoms. The minimum absolute atomic E-state index is 0.100. The Hall–Kier alpha value is -5.29. The van der Waals surface area contributed by atoms with E-state index in [4.69, 9.17) is 9.72 Å². The molecule has 1 atom stereocenters. The molecule has 3 heterocycles. The normalized spacial score (nSPS) is 16.0. The van der Waals surface area contributed by atoms with E-state index in [0.717, 1.165) is 59.2 Å². The molecule has 0 saturated heterocycles. The van der Waals surface area contributed by atoms with Crippen LogP contribution in [0.1, 0.15) is 64.8 Å². The number of aliphatic hydroxyl groups excluding tert-OH is 1. The lowest BCUT2D eigenvalue weighted by molar-refractivity contribution is -0.142. The van der Waals surface area contributed by atoms with Crippen molar-refractivity contribution in [3.05, 3.63) is 147 Å². The number of alkyl halides is 3. The van der Waals surface area contributed by atoms with Gasteiger partial charge in [-0.25, -0.2) is 4.98 Å². The molecule has 0 radical (unpaired) electrons. The second-order valence-corrected chi connectivity index (χ2v) is 12.5. The highest BCUT2D eigenvalue weighted by Gasteiger charge is 2.49. The fourth-order valence-electron chi connectivity index (χ4n) is 6.40. The number of aromatic nitrogens is 3. The molecule has 250 valence electrons. The number of hydrogen-bond donors (Lipinski definition) is 2. The van der Waals surface area contributed by atoms with Crippen LogP contribution in [-0.4, -0.2) is 37.4 Å². The number of hydrogen-bond acceptors (Lipinski definition) is 6. The Morgan fingerprint density at radius 3 is 2.51 bits per heavy atom. The number of aliphatic hydroxyl groups is 1. The largest absolute Gasteiger partial charge is 0.487 e. The fraction of sp³-hybridized carbons (Fsp3) is 0.263. The van der Waals surface area contributed by atoms with Crippen molar-refractivity contribution >= 4 is 5.91 Å². The van der Waals surface area contributed by atoms with Gasteiger partial charge in [-0.2, -0.15) is 13.2 Å². The smallest absolute Gasteiger partial charge is 0.416 e. The van der Waals surface area contributed by atoms with Crippen molar-refractivity contribution in [1.82, 2.24) is 19.9 Å². The number of halogens is 3. The average Bonchev–Trinajstić information content (AvgIpc) is 3.96. The number of nitrogens with zero attached hydrogens (tertiary/aromatic N) is 3. The zero-order chi connectivity index (χ0) is 34.2. The van der Waals surface area contributed by atoms with Crippen LogP contribution in [0.2, 0.25) is 0 Å². The van der Waals surface area contributed by atoms with Crippen molar-refractivity contribution in [2.75, 3.05) is 6.54 Å². The quantitative estimate of drug-likeness (QED) is 0.195. The molecule has 1 aliphatic heterocycles. The molecule has 7 rings (SSSR count). The minimum atomic E-state index is -4.61. The van der Waals surface area contributed by atoms with E-state index in [-0.39, 0.29) is 24.2 Å². The van der Waals surface area contributed by atoms with Gasteiger partial charge in [-0.15, -0.1) is 0 Å². The molecule has 3 aromatic carbocycles. The molecule has 2 aromatic heterocycles. The van der Waals surface area contributed by atoms with Gasteiger partial charge in [-0.3, -0.25) is 14.6 Å². The van der Waals surface area contributed by atoms with Crippen LogP contribution in [0, 0.1) is 0 Å². The average molecular weight is 667 g/mol. The summed E-state index contributed by atoms with van der Waals surface area (Å²) in [4.78, 5) is 40.3. The third kappa shape index (κ3) is 6.71. The highest BCUT2D eigenvalue weighted by molar-refractivity contribution is 5.82. The Labute approximate surface area is 280 Å². The molecule has 1 fully saturated rings. The molecule has 11 heteroatoms. The molecule has 8 nitrogen and oxygen atoms in total. The van der Waals surface area contributed by atoms with E-state index in [9.17, 15) is 27.9 Å². The van der Waals surface area contributed by atoms with E-state index < -0.39 is 29.2 Å². The first-order valence-corrected chi connectivity index (χ1v) is 16.1. The van der Waals surface area contributed by atoms with Crippen molar-refractivity contribution in [1.29, 1.82) is 0 Å². The fourth-order valence-corrected chi connectivity index (χ4v) is 6.40. The summed E-state index contributed by atoms with van der Waals surface area (Å²) in [6.45, 7) is 0.497. The van der Waals surface area contributed by atoms with E-state index in [1.165, 1.54) is 11.0 Å². The van der Waals surface area contributed by atoms with Crippen molar-refractivity contribution in [2.24, 2.45) is 0 Å². The number of rotatable bonds is 8. The molecule has 5 aromatic rings. The summed E-state index contributed by atoms with van der Waals surface area (Å²) in [5.74, 6) is 0.552. The maximum Gasteiger partial charge on any atom is 0.416 e.